The number of rotatable bonds is 10. The summed E-state index contributed by atoms with van der Waals surface area (Å²) in [6, 6.07) is 18.5. The maximum Gasteiger partial charge on any atom is 0.251 e. The Morgan fingerprint density at radius 2 is 1.52 bits per heavy atom. The number of hydrogen-bond acceptors (Lipinski definition) is 2. The van der Waals surface area contributed by atoms with Gasteiger partial charge in [0, 0.05) is 11.6 Å². The molecule has 0 aliphatic rings. The van der Waals surface area contributed by atoms with Crippen LogP contribution in [-0.4, -0.2) is 17.9 Å². The SMILES string of the molecule is CCCCC[C@H](C)NC(=O)C[C@H](NC(=O)c1ccccc1)c1ccccc1. The smallest absolute Gasteiger partial charge is 0.251 e. The lowest BCUT2D eigenvalue weighted by Gasteiger charge is -2.21. The average Bonchev–Trinajstić information content (AvgIpc) is 2.69. The molecule has 144 valence electrons. The van der Waals surface area contributed by atoms with E-state index >= 15 is 0 Å². The summed E-state index contributed by atoms with van der Waals surface area (Å²) in [5, 5.41) is 6.07. The van der Waals surface area contributed by atoms with Crippen molar-refractivity contribution in [2.75, 3.05) is 0 Å². The number of carbonyl (C=O) groups excluding carboxylic acids is 2. The van der Waals surface area contributed by atoms with Gasteiger partial charge in [0.1, 0.15) is 0 Å². The van der Waals surface area contributed by atoms with E-state index in [0.29, 0.717) is 5.56 Å². The fourth-order valence-electron chi connectivity index (χ4n) is 3.06. The minimum absolute atomic E-state index is 0.0405. The largest absolute Gasteiger partial charge is 0.354 e. The van der Waals surface area contributed by atoms with Crippen LogP contribution in [0.2, 0.25) is 0 Å². The monoisotopic (exact) mass is 366 g/mol. The lowest BCUT2D eigenvalue weighted by molar-refractivity contribution is -0.122. The second kappa shape index (κ2) is 11.2. The lowest BCUT2D eigenvalue weighted by Crippen LogP contribution is -2.37. The molecule has 0 fully saturated rings. The summed E-state index contributed by atoms with van der Waals surface area (Å²) in [6.07, 6.45) is 4.67. The highest BCUT2D eigenvalue weighted by Crippen LogP contribution is 2.18. The van der Waals surface area contributed by atoms with Gasteiger partial charge in [0.25, 0.3) is 5.91 Å². The first-order valence-electron chi connectivity index (χ1n) is 9.80. The third-order valence-corrected chi connectivity index (χ3v) is 4.58. The standard InChI is InChI=1S/C23H30N2O2/c1-3-4-7-12-18(2)24-22(26)17-21(19-13-8-5-9-14-19)25-23(27)20-15-10-6-11-16-20/h5-6,8-11,13-16,18,21H,3-4,7,12,17H2,1-2H3,(H,24,26)(H,25,27)/t18-,21-/m0/s1. The van der Waals surface area contributed by atoms with Gasteiger partial charge < -0.3 is 10.6 Å². The van der Waals surface area contributed by atoms with Crippen LogP contribution in [0.3, 0.4) is 0 Å². The quantitative estimate of drug-likeness (QED) is 0.602. The normalized spacial score (nSPS) is 12.8. The second-order valence-electron chi connectivity index (χ2n) is 6.97. The molecule has 0 heterocycles. The van der Waals surface area contributed by atoms with E-state index in [1.807, 2.05) is 55.5 Å². The first-order valence-corrected chi connectivity index (χ1v) is 9.80. The summed E-state index contributed by atoms with van der Waals surface area (Å²) in [4.78, 5) is 25.1. The van der Waals surface area contributed by atoms with Crippen LogP contribution in [-0.2, 0) is 4.79 Å². The Morgan fingerprint density at radius 3 is 2.15 bits per heavy atom. The Balaban J connectivity index is 2.00. The fourth-order valence-corrected chi connectivity index (χ4v) is 3.06. The Morgan fingerprint density at radius 1 is 0.889 bits per heavy atom. The van der Waals surface area contributed by atoms with E-state index in [4.69, 9.17) is 0 Å². The van der Waals surface area contributed by atoms with Gasteiger partial charge in [0.05, 0.1) is 12.5 Å². The van der Waals surface area contributed by atoms with E-state index < -0.39 is 0 Å². The van der Waals surface area contributed by atoms with E-state index in [0.717, 1.165) is 18.4 Å². The van der Waals surface area contributed by atoms with Gasteiger partial charge in [-0.15, -0.1) is 0 Å². The lowest BCUT2D eigenvalue weighted by atomic mass is 10.0. The van der Waals surface area contributed by atoms with Crippen LogP contribution in [0.15, 0.2) is 60.7 Å². The van der Waals surface area contributed by atoms with Crippen molar-refractivity contribution >= 4 is 11.8 Å². The van der Waals surface area contributed by atoms with Crippen molar-refractivity contribution in [3.05, 3.63) is 71.8 Å². The van der Waals surface area contributed by atoms with Crippen LogP contribution < -0.4 is 10.6 Å². The van der Waals surface area contributed by atoms with Gasteiger partial charge in [0.15, 0.2) is 0 Å². The molecule has 0 aliphatic carbocycles. The Kier molecular flexibility index (Phi) is 8.56. The summed E-state index contributed by atoms with van der Waals surface area (Å²) >= 11 is 0. The number of carbonyl (C=O) groups is 2. The molecular formula is C23H30N2O2. The minimum atomic E-state index is -0.359. The zero-order valence-corrected chi connectivity index (χ0v) is 16.3. The molecule has 2 aromatic carbocycles. The van der Waals surface area contributed by atoms with E-state index in [1.165, 1.54) is 12.8 Å². The van der Waals surface area contributed by atoms with Crippen molar-refractivity contribution in [1.29, 1.82) is 0 Å². The summed E-state index contributed by atoms with van der Waals surface area (Å²) in [5.41, 5.74) is 1.52. The molecule has 0 saturated heterocycles. The summed E-state index contributed by atoms with van der Waals surface area (Å²) in [7, 11) is 0. The van der Waals surface area contributed by atoms with Gasteiger partial charge in [-0.2, -0.15) is 0 Å². The van der Waals surface area contributed by atoms with Gasteiger partial charge >= 0.3 is 0 Å². The topological polar surface area (TPSA) is 58.2 Å². The maximum atomic E-state index is 12.6. The number of nitrogens with one attached hydrogen (secondary N) is 2. The summed E-state index contributed by atoms with van der Waals surface area (Å²) in [5.74, 6) is -0.213. The van der Waals surface area contributed by atoms with Crippen LogP contribution in [0, 0.1) is 0 Å². The van der Waals surface area contributed by atoms with Crippen molar-refractivity contribution < 1.29 is 9.59 Å². The van der Waals surface area contributed by atoms with Gasteiger partial charge in [0.2, 0.25) is 5.91 Å². The molecule has 27 heavy (non-hydrogen) atoms. The fraction of sp³-hybridized carbons (Fsp3) is 0.391. The Labute approximate surface area is 162 Å². The Bertz CT molecular complexity index is 701. The van der Waals surface area contributed by atoms with E-state index in [9.17, 15) is 9.59 Å². The third kappa shape index (κ3) is 7.26. The molecule has 4 nitrogen and oxygen atoms in total. The molecular weight excluding hydrogens is 336 g/mol. The molecule has 0 unspecified atom stereocenters. The first-order chi connectivity index (χ1) is 13.1. The third-order valence-electron chi connectivity index (χ3n) is 4.58. The second-order valence-corrected chi connectivity index (χ2v) is 6.97. The number of unbranched alkanes of at least 4 members (excludes halogenated alkanes) is 2. The zero-order valence-electron chi connectivity index (χ0n) is 16.3. The highest BCUT2D eigenvalue weighted by Gasteiger charge is 2.20. The van der Waals surface area contributed by atoms with Crippen LogP contribution in [0.4, 0.5) is 0 Å². The molecule has 0 aliphatic heterocycles. The first kappa shape index (κ1) is 20.7. The van der Waals surface area contributed by atoms with Crippen molar-refractivity contribution in [3.8, 4) is 0 Å². The molecule has 0 saturated carbocycles. The van der Waals surface area contributed by atoms with E-state index in [2.05, 4.69) is 17.6 Å². The number of amides is 2. The maximum absolute atomic E-state index is 12.6. The summed E-state index contributed by atoms with van der Waals surface area (Å²) < 4.78 is 0. The van der Waals surface area contributed by atoms with Gasteiger partial charge in [-0.25, -0.2) is 0 Å². The van der Waals surface area contributed by atoms with Gasteiger partial charge in [-0.3, -0.25) is 9.59 Å². The average molecular weight is 367 g/mol. The molecule has 2 aromatic rings. The van der Waals surface area contributed by atoms with E-state index in [-0.39, 0.29) is 30.3 Å². The molecule has 4 heteroatoms. The zero-order chi connectivity index (χ0) is 19.5. The van der Waals surface area contributed by atoms with Crippen LogP contribution in [0.5, 0.6) is 0 Å². The predicted octanol–water partition coefficient (Wildman–Crippen LogP) is 4.63. The van der Waals surface area contributed by atoms with Crippen molar-refractivity contribution in [2.45, 2.75) is 58.0 Å². The Hall–Kier alpha value is -2.62. The molecule has 2 amide bonds. The molecule has 0 bridgehead atoms. The van der Waals surface area contributed by atoms with Gasteiger partial charge in [-0.05, 0) is 31.0 Å². The van der Waals surface area contributed by atoms with Crippen molar-refractivity contribution in [2.24, 2.45) is 0 Å². The highest BCUT2D eigenvalue weighted by molar-refractivity contribution is 5.94. The summed E-state index contributed by atoms with van der Waals surface area (Å²) in [6.45, 7) is 4.21. The van der Waals surface area contributed by atoms with Crippen LogP contribution >= 0.6 is 0 Å². The molecule has 0 aromatic heterocycles. The number of hydrogen-bond donors (Lipinski definition) is 2. The molecule has 0 radical (unpaired) electrons. The van der Waals surface area contributed by atoms with Crippen LogP contribution in [0.1, 0.15) is 67.9 Å². The van der Waals surface area contributed by atoms with E-state index in [1.54, 1.807) is 12.1 Å². The van der Waals surface area contributed by atoms with Crippen LogP contribution in [0.25, 0.3) is 0 Å². The van der Waals surface area contributed by atoms with Crippen molar-refractivity contribution in [1.82, 2.24) is 10.6 Å². The molecule has 2 atom stereocenters. The highest BCUT2D eigenvalue weighted by atomic mass is 16.2. The predicted molar refractivity (Wildman–Crippen MR) is 109 cm³/mol. The van der Waals surface area contributed by atoms with Gasteiger partial charge in [-0.1, -0.05) is 74.7 Å². The van der Waals surface area contributed by atoms with Crippen molar-refractivity contribution in [3.63, 3.8) is 0 Å². The molecule has 2 N–H and O–H groups in total. The number of benzene rings is 2. The molecule has 2 rings (SSSR count). The molecule has 0 spiro atoms. The minimum Gasteiger partial charge on any atom is -0.354 e.